The Balaban J connectivity index is 2.39. The number of fused-ring (bicyclic) bond motifs is 3. The van der Waals surface area contributed by atoms with Crippen molar-refractivity contribution in [3.63, 3.8) is 0 Å². The van der Waals surface area contributed by atoms with Crippen LogP contribution in [0.1, 0.15) is 22.3 Å². The van der Waals surface area contributed by atoms with Crippen molar-refractivity contribution in [2.24, 2.45) is 0 Å². The quantitative estimate of drug-likeness (QED) is 0.927. The van der Waals surface area contributed by atoms with Gasteiger partial charge in [-0.25, -0.2) is 0 Å². The summed E-state index contributed by atoms with van der Waals surface area (Å²) in [5.74, 6) is 0. The van der Waals surface area contributed by atoms with Gasteiger partial charge in [0.25, 0.3) is 0 Å². The van der Waals surface area contributed by atoms with Crippen LogP contribution in [0.15, 0.2) is 36.4 Å². The molecule has 0 atom stereocenters. The van der Waals surface area contributed by atoms with E-state index in [0.717, 1.165) is 6.54 Å². The minimum Gasteiger partial charge on any atom is -0.383 e. The number of benzene rings is 2. The van der Waals surface area contributed by atoms with Crippen molar-refractivity contribution < 1.29 is 4.74 Å². The molecule has 0 saturated carbocycles. The molecule has 110 valence electrons. The largest absolute Gasteiger partial charge is 0.383 e. The van der Waals surface area contributed by atoms with Crippen LogP contribution in [-0.2, 0) is 10.2 Å². The SMILES string of the molecule is CNCC1(COC)c2c(C)cccc2-c2cccc(C)c21. The van der Waals surface area contributed by atoms with Gasteiger partial charge in [0, 0.05) is 13.7 Å². The molecule has 3 rings (SSSR count). The van der Waals surface area contributed by atoms with E-state index < -0.39 is 0 Å². The third-order valence-corrected chi connectivity index (χ3v) is 4.66. The molecule has 0 bridgehead atoms. The van der Waals surface area contributed by atoms with E-state index in [2.05, 4.69) is 55.6 Å². The number of likely N-dealkylation sites (N-methyl/N-ethyl adjacent to an activating group) is 1. The summed E-state index contributed by atoms with van der Waals surface area (Å²) in [5, 5.41) is 3.39. The molecule has 1 N–H and O–H groups in total. The smallest absolute Gasteiger partial charge is 0.0612 e. The molecule has 1 aliphatic rings. The summed E-state index contributed by atoms with van der Waals surface area (Å²) < 4.78 is 5.67. The molecule has 0 aromatic heterocycles. The highest BCUT2D eigenvalue weighted by Crippen LogP contribution is 2.51. The highest BCUT2D eigenvalue weighted by molar-refractivity contribution is 5.83. The van der Waals surface area contributed by atoms with E-state index in [0.29, 0.717) is 6.61 Å². The van der Waals surface area contributed by atoms with Crippen LogP contribution in [0.25, 0.3) is 11.1 Å². The van der Waals surface area contributed by atoms with Crippen molar-refractivity contribution in [2.45, 2.75) is 19.3 Å². The molecule has 2 nitrogen and oxygen atoms in total. The summed E-state index contributed by atoms with van der Waals surface area (Å²) in [6.45, 7) is 6.00. The van der Waals surface area contributed by atoms with Crippen molar-refractivity contribution in [1.82, 2.24) is 5.32 Å². The zero-order chi connectivity index (χ0) is 15.0. The summed E-state index contributed by atoms with van der Waals surface area (Å²) in [7, 11) is 3.82. The second-order valence-corrected chi connectivity index (χ2v) is 6.04. The Morgan fingerprint density at radius 3 is 1.90 bits per heavy atom. The summed E-state index contributed by atoms with van der Waals surface area (Å²) in [6.07, 6.45) is 0. The molecule has 2 heteroatoms. The Bertz CT molecular complexity index is 616. The Labute approximate surface area is 127 Å². The molecule has 1 aliphatic carbocycles. The van der Waals surface area contributed by atoms with E-state index in [4.69, 9.17) is 4.74 Å². The van der Waals surface area contributed by atoms with E-state index >= 15 is 0 Å². The van der Waals surface area contributed by atoms with E-state index in [-0.39, 0.29) is 5.41 Å². The topological polar surface area (TPSA) is 21.3 Å². The Morgan fingerprint density at radius 2 is 1.48 bits per heavy atom. The van der Waals surface area contributed by atoms with Gasteiger partial charge >= 0.3 is 0 Å². The normalized spacial score (nSPS) is 14.9. The zero-order valence-electron chi connectivity index (χ0n) is 13.3. The maximum atomic E-state index is 5.67. The first-order chi connectivity index (χ1) is 10.2. The first kappa shape index (κ1) is 14.3. The van der Waals surface area contributed by atoms with Crippen LogP contribution in [0.2, 0.25) is 0 Å². The van der Waals surface area contributed by atoms with Crippen molar-refractivity contribution in [1.29, 1.82) is 0 Å². The molecular weight excluding hydrogens is 258 g/mol. The van der Waals surface area contributed by atoms with Gasteiger partial charge in [-0.1, -0.05) is 36.4 Å². The Hall–Kier alpha value is -1.64. The van der Waals surface area contributed by atoms with E-state index in [1.165, 1.54) is 33.4 Å². The average molecular weight is 281 g/mol. The van der Waals surface area contributed by atoms with Gasteiger partial charge in [-0.15, -0.1) is 0 Å². The molecular formula is C19H23NO. The lowest BCUT2D eigenvalue weighted by Crippen LogP contribution is -2.41. The fourth-order valence-corrected chi connectivity index (χ4v) is 4.10. The minimum absolute atomic E-state index is 0.0924. The van der Waals surface area contributed by atoms with Crippen molar-refractivity contribution in [3.05, 3.63) is 58.7 Å². The van der Waals surface area contributed by atoms with E-state index in [1.54, 1.807) is 7.11 Å². The van der Waals surface area contributed by atoms with Gasteiger partial charge in [-0.3, -0.25) is 0 Å². The molecule has 2 aromatic carbocycles. The second kappa shape index (κ2) is 5.28. The summed E-state index contributed by atoms with van der Waals surface area (Å²) in [5.41, 5.74) is 8.16. The summed E-state index contributed by atoms with van der Waals surface area (Å²) in [4.78, 5) is 0. The van der Waals surface area contributed by atoms with Gasteiger partial charge in [-0.05, 0) is 54.3 Å². The second-order valence-electron chi connectivity index (χ2n) is 6.04. The Morgan fingerprint density at radius 1 is 0.952 bits per heavy atom. The van der Waals surface area contributed by atoms with Gasteiger partial charge < -0.3 is 10.1 Å². The first-order valence-corrected chi connectivity index (χ1v) is 7.50. The number of rotatable bonds is 4. The van der Waals surface area contributed by atoms with Gasteiger partial charge in [0.15, 0.2) is 0 Å². The van der Waals surface area contributed by atoms with E-state index in [9.17, 15) is 0 Å². The van der Waals surface area contributed by atoms with Crippen molar-refractivity contribution >= 4 is 0 Å². The summed E-state index contributed by atoms with van der Waals surface area (Å²) >= 11 is 0. The zero-order valence-corrected chi connectivity index (χ0v) is 13.3. The Kier molecular flexibility index (Phi) is 3.60. The van der Waals surface area contributed by atoms with Gasteiger partial charge in [-0.2, -0.15) is 0 Å². The molecule has 0 spiro atoms. The third kappa shape index (κ3) is 1.94. The van der Waals surface area contributed by atoms with Crippen LogP contribution in [0, 0.1) is 13.8 Å². The molecule has 0 unspecified atom stereocenters. The monoisotopic (exact) mass is 281 g/mol. The molecule has 2 aromatic rings. The van der Waals surface area contributed by atoms with Crippen LogP contribution in [0.5, 0.6) is 0 Å². The fraction of sp³-hybridized carbons (Fsp3) is 0.368. The lowest BCUT2D eigenvalue weighted by molar-refractivity contribution is 0.148. The highest BCUT2D eigenvalue weighted by Gasteiger charge is 2.44. The lowest BCUT2D eigenvalue weighted by Gasteiger charge is -2.33. The van der Waals surface area contributed by atoms with Crippen LogP contribution >= 0.6 is 0 Å². The van der Waals surface area contributed by atoms with Gasteiger partial charge in [0.1, 0.15) is 0 Å². The summed E-state index contributed by atoms with van der Waals surface area (Å²) in [6, 6.07) is 13.2. The molecule has 21 heavy (non-hydrogen) atoms. The number of nitrogens with one attached hydrogen (secondary N) is 1. The van der Waals surface area contributed by atoms with Gasteiger partial charge in [0.05, 0.1) is 12.0 Å². The molecule has 0 fully saturated rings. The van der Waals surface area contributed by atoms with Crippen molar-refractivity contribution in [2.75, 3.05) is 27.3 Å². The number of methoxy groups -OCH3 is 1. The first-order valence-electron chi connectivity index (χ1n) is 7.50. The van der Waals surface area contributed by atoms with Crippen LogP contribution < -0.4 is 5.32 Å². The van der Waals surface area contributed by atoms with Crippen molar-refractivity contribution in [3.8, 4) is 11.1 Å². The minimum atomic E-state index is -0.0924. The number of aryl methyl sites for hydroxylation is 2. The van der Waals surface area contributed by atoms with Crippen LogP contribution in [0.3, 0.4) is 0 Å². The predicted molar refractivity (Wildman–Crippen MR) is 87.9 cm³/mol. The number of ether oxygens (including phenoxy) is 1. The molecule has 0 aliphatic heterocycles. The third-order valence-electron chi connectivity index (χ3n) is 4.66. The number of hydrogen-bond acceptors (Lipinski definition) is 2. The van der Waals surface area contributed by atoms with E-state index in [1.807, 2.05) is 7.05 Å². The lowest BCUT2D eigenvalue weighted by atomic mass is 9.75. The molecule has 0 saturated heterocycles. The van der Waals surface area contributed by atoms with Crippen LogP contribution in [0.4, 0.5) is 0 Å². The fourth-order valence-electron chi connectivity index (χ4n) is 4.10. The maximum Gasteiger partial charge on any atom is 0.0612 e. The average Bonchev–Trinajstić information content (AvgIpc) is 2.73. The molecule has 0 amide bonds. The highest BCUT2D eigenvalue weighted by atomic mass is 16.5. The standard InChI is InChI=1S/C19H23NO/c1-13-7-5-9-15-16-10-6-8-14(2)18(16)19(11-20-3,12-21-4)17(13)15/h5-10,20H,11-12H2,1-4H3. The molecule has 0 radical (unpaired) electrons. The van der Waals surface area contributed by atoms with Gasteiger partial charge in [0.2, 0.25) is 0 Å². The maximum absolute atomic E-state index is 5.67. The molecule has 0 heterocycles. The van der Waals surface area contributed by atoms with Crippen LogP contribution in [-0.4, -0.2) is 27.3 Å². The predicted octanol–water partition coefficient (Wildman–Crippen LogP) is 3.44. The number of hydrogen-bond donors (Lipinski definition) is 1.